The lowest BCUT2D eigenvalue weighted by Crippen LogP contribution is -2.48. The van der Waals surface area contributed by atoms with Gasteiger partial charge in [0.2, 0.25) is 0 Å². The molecule has 0 aliphatic carbocycles. The van der Waals surface area contributed by atoms with Gasteiger partial charge in [0.15, 0.2) is 5.92 Å². The van der Waals surface area contributed by atoms with Crippen LogP contribution in [-0.4, -0.2) is 36.8 Å². The van der Waals surface area contributed by atoms with Gasteiger partial charge in [-0.15, -0.1) is 0 Å². The molecule has 1 heterocycles. The molecule has 0 aromatic rings. The van der Waals surface area contributed by atoms with Crippen LogP contribution in [-0.2, 0) is 4.74 Å². The Morgan fingerprint density at radius 2 is 1.35 bits per heavy atom. The minimum absolute atomic E-state index is 0.00380. The molecule has 102 valence electrons. The zero-order valence-electron chi connectivity index (χ0n) is 8.68. The average molecular weight is 266 g/mol. The molecule has 0 aromatic carbocycles. The summed E-state index contributed by atoms with van der Waals surface area (Å²) in [7, 11) is 0. The van der Waals surface area contributed by atoms with Crippen molar-refractivity contribution in [2.24, 2.45) is 11.8 Å². The first kappa shape index (κ1) is 14.6. The molecule has 1 saturated heterocycles. The third-order valence-electron chi connectivity index (χ3n) is 2.80. The number of halogens is 6. The predicted molar refractivity (Wildman–Crippen MR) is 45.1 cm³/mol. The molecule has 0 amide bonds. The van der Waals surface area contributed by atoms with E-state index in [0.29, 0.717) is 0 Å². The molecular weight excluding hydrogens is 254 g/mol. The molecule has 0 aromatic heterocycles. The molecule has 1 unspecified atom stereocenters. The minimum atomic E-state index is -5.49. The van der Waals surface area contributed by atoms with Crippen molar-refractivity contribution in [2.45, 2.75) is 31.3 Å². The second-order valence-corrected chi connectivity index (χ2v) is 4.00. The Balaban J connectivity index is 2.82. The van der Waals surface area contributed by atoms with Gasteiger partial charge in [0, 0.05) is 13.2 Å². The molecule has 0 spiro atoms. The molecular formula is C9H12F6O2. The predicted octanol–water partition coefficient (Wildman–Crippen LogP) is 2.51. The monoisotopic (exact) mass is 266 g/mol. The summed E-state index contributed by atoms with van der Waals surface area (Å²) in [6.45, 7) is 0.147. The zero-order chi connectivity index (χ0) is 13.3. The van der Waals surface area contributed by atoms with Gasteiger partial charge >= 0.3 is 12.4 Å². The van der Waals surface area contributed by atoms with Gasteiger partial charge in [0.05, 0.1) is 6.10 Å². The maximum absolute atomic E-state index is 12.3. The molecule has 1 aliphatic rings. The first-order valence-corrected chi connectivity index (χ1v) is 5.03. The van der Waals surface area contributed by atoms with Crippen LogP contribution in [0.1, 0.15) is 12.8 Å². The number of rotatable bonds is 2. The van der Waals surface area contributed by atoms with E-state index in [0.717, 1.165) is 0 Å². The van der Waals surface area contributed by atoms with Crippen LogP contribution in [0.2, 0.25) is 0 Å². The van der Waals surface area contributed by atoms with Crippen molar-refractivity contribution in [1.82, 2.24) is 0 Å². The van der Waals surface area contributed by atoms with Gasteiger partial charge in [-0.3, -0.25) is 0 Å². The highest BCUT2D eigenvalue weighted by Gasteiger charge is 2.61. The van der Waals surface area contributed by atoms with Crippen LogP contribution in [0.5, 0.6) is 0 Å². The summed E-state index contributed by atoms with van der Waals surface area (Å²) in [5.74, 6) is -4.71. The minimum Gasteiger partial charge on any atom is -0.392 e. The summed E-state index contributed by atoms with van der Waals surface area (Å²) in [6, 6.07) is 0. The lowest BCUT2D eigenvalue weighted by Gasteiger charge is -2.34. The summed E-state index contributed by atoms with van der Waals surface area (Å²) in [6.07, 6.45) is -13.4. The van der Waals surface area contributed by atoms with E-state index >= 15 is 0 Å². The van der Waals surface area contributed by atoms with Crippen LogP contribution in [0.4, 0.5) is 26.3 Å². The van der Waals surface area contributed by atoms with Gasteiger partial charge in [-0.1, -0.05) is 0 Å². The van der Waals surface area contributed by atoms with Gasteiger partial charge in [-0.05, 0) is 18.8 Å². The fourth-order valence-electron chi connectivity index (χ4n) is 1.90. The molecule has 1 N–H and O–H groups in total. The molecule has 0 saturated carbocycles. The molecule has 1 fully saturated rings. The van der Waals surface area contributed by atoms with Crippen LogP contribution in [0.3, 0.4) is 0 Å². The van der Waals surface area contributed by atoms with E-state index in [4.69, 9.17) is 4.74 Å². The highest BCUT2D eigenvalue weighted by atomic mass is 19.4. The normalized spacial score (nSPS) is 21.9. The van der Waals surface area contributed by atoms with Crippen molar-refractivity contribution >= 4 is 0 Å². The van der Waals surface area contributed by atoms with E-state index in [-0.39, 0.29) is 26.1 Å². The lowest BCUT2D eigenvalue weighted by atomic mass is 9.85. The van der Waals surface area contributed by atoms with E-state index in [2.05, 4.69) is 0 Å². The summed E-state index contributed by atoms with van der Waals surface area (Å²) >= 11 is 0. The van der Waals surface area contributed by atoms with Crippen LogP contribution in [0.25, 0.3) is 0 Å². The third kappa shape index (κ3) is 3.74. The molecule has 0 bridgehead atoms. The van der Waals surface area contributed by atoms with Crippen LogP contribution in [0.15, 0.2) is 0 Å². The van der Waals surface area contributed by atoms with Crippen molar-refractivity contribution in [3.05, 3.63) is 0 Å². The summed E-state index contributed by atoms with van der Waals surface area (Å²) < 4.78 is 78.7. The third-order valence-corrected chi connectivity index (χ3v) is 2.80. The van der Waals surface area contributed by atoms with Crippen LogP contribution in [0, 0.1) is 11.8 Å². The number of hydrogen-bond acceptors (Lipinski definition) is 2. The first-order valence-electron chi connectivity index (χ1n) is 5.03. The van der Waals surface area contributed by atoms with E-state index in [1.165, 1.54) is 0 Å². The van der Waals surface area contributed by atoms with E-state index in [9.17, 15) is 31.4 Å². The first-order chi connectivity index (χ1) is 7.64. The highest BCUT2D eigenvalue weighted by Crippen LogP contribution is 2.44. The zero-order valence-corrected chi connectivity index (χ0v) is 8.68. The second kappa shape index (κ2) is 5.01. The molecule has 0 radical (unpaired) electrons. The Labute approximate surface area is 93.6 Å². The summed E-state index contributed by atoms with van der Waals surface area (Å²) in [5, 5.41) is 9.31. The molecule has 1 atom stereocenters. The van der Waals surface area contributed by atoms with Crippen LogP contribution >= 0.6 is 0 Å². The Morgan fingerprint density at radius 1 is 0.941 bits per heavy atom. The summed E-state index contributed by atoms with van der Waals surface area (Å²) in [4.78, 5) is 0. The number of aliphatic hydroxyl groups excluding tert-OH is 1. The van der Waals surface area contributed by atoms with Gasteiger partial charge in [-0.25, -0.2) is 0 Å². The quantitative estimate of drug-likeness (QED) is 0.778. The number of ether oxygens (including phenoxy) is 1. The number of aliphatic hydroxyl groups is 1. The molecule has 1 rings (SSSR count). The fraction of sp³-hybridized carbons (Fsp3) is 1.00. The van der Waals surface area contributed by atoms with Gasteiger partial charge in [0.25, 0.3) is 0 Å². The lowest BCUT2D eigenvalue weighted by molar-refractivity contribution is -0.312. The smallest absolute Gasteiger partial charge is 0.392 e. The summed E-state index contributed by atoms with van der Waals surface area (Å²) in [5.41, 5.74) is 0. The molecule has 2 nitrogen and oxygen atoms in total. The largest absolute Gasteiger partial charge is 0.403 e. The SMILES string of the molecule is OC(C1CCOCC1)C(C(F)(F)F)C(F)(F)F. The average Bonchev–Trinajstić information content (AvgIpc) is 2.14. The van der Waals surface area contributed by atoms with Crippen molar-refractivity contribution in [2.75, 3.05) is 13.2 Å². The fourth-order valence-corrected chi connectivity index (χ4v) is 1.90. The van der Waals surface area contributed by atoms with E-state index in [1.807, 2.05) is 0 Å². The van der Waals surface area contributed by atoms with Crippen molar-refractivity contribution in [3.8, 4) is 0 Å². The Kier molecular flexibility index (Phi) is 4.29. The van der Waals surface area contributed by atoms with Crippen LogP contribution < -0.4 is 0 Å². The Hall–Kier alpha value is -0.500. The van der Waals surface area contributed by atoms with Crippen molar-refractivity contribution in [1.29, 1.82) is 0 Å². The number of alkyl halides is 6. The van der Waals surface area contributed by atoms with E-state index < -0.39 is 30.3 Å². The van der Waals surface area contributed by atoms with E-state index in [1.54, 1.807) is 0 Å². The highest BCUT2D eigenvalue weighted by molar-refractivity contribution is 4.87. The second-order valence-electron chi connectivity index (χ2n) is 4.00. The Bertz CT molecular complexity index is 229. The molecule has 8 heteroatoms. The number of hydrogen-bond donors (Lipinski definition) is 1. The molecule has 1 aliphatic heterocycles. The maximum Gasteiger partial charge on any atom is 0.403 e. The Morgan fingerprint density at radius 3 is 1.71 bits per heavy atom. The van der Waals surface area contributed by atoms with Crippen molar-refractivity contribution < 1.29 is 36.2 Å². The van der Waals surface area contributed by atoms with Crippen molar-refractivity contribution in [3.63, 3.8) is 0 Å². The van der Waals surface area contributed by atoms with Gasteiger partial charge < -0.3 is 9.84 Å². The van der Waals surface area contributed by atoms with Gasteiger partial charge in [-0.2, -0.15) is 26.3 Å². The topological polar surface area (TPSA) is 29.5 Å². The maximum atomic E-state index is 12.3. The standard InChI is InChI=1S/C9H12F6O2/c10-8(11,12)7(9(13,14)15)6(16)5-1-3-17-4-2-5/h5-7,16H,1-4H2. The van der Waals surface area contributed by atoms with Gasteiger partial charge in [0.1, 0.15) is 0 Å². The molecule has 17 heavy (non-hydrogen) atoms.